The van der Waals surface area contributed by atoms with Gasteiger partial charge in [-0.25, -0.2) is 9.37 Å². The van der Waals surface area contributed by atoms with Gasteiger partial charge >= 0.3 is 0 Å². The number of halogens is 2. The molecule has 1 saturated carbocycles. The first-order valence-electron chi connectivity index (χ1n) is 6.93. The van der Waals surface area contributed by atoms with Gasteiger partial charge in [0.15, 0.2) is 0 Å². The average molecular weight is 351 g/mol. The minimum atomic E-state index is -0.265. The first-order valence-corrected chi connectivity index (χ1v) is 7.73. The highest BCUT2D eigenvalue weighted by Crippen LogP contribution is 2.29. The van der Waals surface area contributed by atoms with Crippen molar-refractivity contribution in [2.45, 2.75) is 32.4 Å². The number of benzene rings is 1. The third kappa shape index (κ3) is 3.80. The Hall–Kier alpha value is -1.46. The van der Waals surface area contributed by atoms with Gasteiger partial charge in [-0.3, -0.25) is 0 Å². The van der Waals surface area contributed by atoms with E-state index in [1.165, 1.54) is 25.0 Å². The number of aryl methyl sites for hydroxylation is 1. The third-order valence-electron chi connectivity index (χ3n) is 3.39. The van der Waals surface area contributed by atoms with Crippen LogP contribution in [0.5, 0.6) is 11.6 Å². The molecule has 2 aromatic rings. The molecule has 1 aromatic heterocycles. The van der Waals surface area contributed by atoms with Crippen molar-refractivity contribution in [2.24, 2.45) is 0 Å². The molecule has 21 heavy (non-hydrogen) atoms. The average Bonchev–Trinajstić information content (AvgIpc) is 3.26. The smallest absolute Gasteiger partial charge is 0.223 e. The molecular formula is C16H16BrFN2O. The molecular weight excluding hydrogens is 335 g/mol. The summed E-state index contributed by atoms with van der Waals surface area (Å²) in [5.74, 6) is 0.916. The summed E-state index contributed by atoms with van der Waals surface area (Å²) in [5, 5.41) is 3.45. The normalized spacial score (nSPS) is 14.2. The van der Waals surface area contributed by atoms with Crippen LogP contribution in [0, 0.1) is 12.7 Å². The number of rotatable bonds is 5. The van der Waals surface area contributed by atoms with Crippen molar-refractivity contribution >= 4 is 15.9 Å². The zero-order valence-corrected chi connectivity index (χ0v) is 13.3. The molecule has 1 aliphatic rings. The SMILES string of the molecule is Cc1cc(F)ccc1Oc1ncc(Br)cc1CNC1CC1. The molecule has 1 heterocycles. The van der Waals surface area contributed by atoms with Crippen LogP contribution in [0.4, 0.5) is 4.39 Å². The topological polar surface area (TPSA) is 34.1 Å². The van der Waals surface area contributed by atoms with Crippen molar-refractivity contribution in [1.29, 1.82) is 0 Å². The van der Waals surface area contributed by atoms with Gasteiger partial charge < -0.3 is 10.1 Å². The quantitative estimate of drug-likeness (QED) is 0.870. The predicted octanol–water partition coefficient (Wildman–Crippen LogP) is 4.34. The fraction of sp³-hybridized carbons (Fsp3) is 0.312. The van der Waals surface area contributed by atoms with Crippen LogP contribution < -0.4 is 10.1 Å². The van der Waals surface area contributed by atoms with Gasteiger partial charge in [0.1, 0.15) is 11.6 Å². The zero-order chi connectivity index (χ0) is 14.8. The molecule has 0 amide bonds. The molecule has 0 aliphatic heterocycles. The van der Waals surface area contributed by atoms with Crippen LogP contribution in [0.25, 0.3) is 0 Å². The minimum Gasteiger partial charge on any atom is -0.438 e. The lowest BCUT2D eigenvalue weighted by molar-refractivity contribution is 0.447. The lowest BCUT2D eigenvalue weighted by atomic mass is 10.2. The van der Waals surface area contributed by atoms with Gasteiger partial charge in [0, 0.05) is 28.8 Å². The number of pyridine rings is 1. The molecule has 5 heteroatoms. The second-order valence-corrected chi connectivity index (χ2v) is 6.20. The van der Waals surface area contributed by atoms with Gasteiger partial charge in [0.05, 0.1) is 0 Å². The van der Waals surface area contributed by atoms with Crippen LogP contribution >= 0.6 is 15.9 Å². The number of nitrogens with one attached hydrogen (secondary N) is 1. The Morgan fingerprint density at radius 1 is 1.38 bits per heavy atom. The molecule has 0 saturated heterocycles. The fourth-order valence-corrected chi connectivity index (χ4v) is 2.44. The Morgan fingerprint density at radius 3 is 2.90 bits per heavy atom. The van der Waals surface area contributed by atoms with Gasteiger partial charge in [-0.15, -0.1) is 0 Å². The van der Waals surface area contributed by atoms with E-state index in [2.05, 4.69) is 26.2 Å². The number of hydrogen-bond acceptors (Lipinski definition) is 3. The van der Waals surface area contributed by atoms with E-state index >= 15 is 0 Å². The summed E-state index contributed by atoms with van der Waals surface area (Å²) < 4.78 is 19.9. The molecule has 0 unspecified atom stereocenters. The van der Waals surface area contributed by atoms with Crippen molar-refractivity contribution in [3.05, 3.63) is 51.9 Å². The molecule has 1 aromatic carbocycles. The minimum absolute atomic E-state index is 0.265. The Kier molecular flexibility index (Phi) is 4.22. The standard InChI is InChI=1S/C16H16BrFN2O/c1-10-6-13(18)2-5-15(10)21-16-11(7-12(17)9-20-16)8-19-14-3-4-14/h2,5-7,9,14,19H,3-4,8H2,1H3. The second-order valence-electron chi connectivity index (χ2n) is 5.28. The van der Waals surface area contributed by atoms with Crippen LogP contribution in [0.15, 0.2) is 34.9 Å². The summed E-state index contributed by atoms with van der Waals surface area (Å²) in [5.41, 5.74) is 1.74. The predicted molar refractivity (Wildman–Crippen MR) is 83.0 cm³/mol. The number of aromatic nitrogens is 1. The van der Waals surface area contributed by atoms with E-state index in [0.29, 0.717) is 24.2 Å². The lowest BCUT2D eigenvalue weighted by Gasteiger charge is -2.12. The highest BCUT2D eigenvalue weighted by atomic mass is 79.9. The van der Waals surface area contributed by atoms with Crippen molar-refractivity contribution in [1.82, 2.24) is 10.3 Å². The molecule has 0 spiro atoms. The molecule has 110 valence electrons. The van der Waals surface area contributed by atoms with E-state index in [1.807, 2.05) is 13.0 Å². The molecule has 0 atom stereocenters. The summed E-state index contributed by atoms with van der Waals surface area (Å²) >= 11 is 3.43. The van der Waals surface area contributed by atoms with Gasteiger partial charge in [0.2, 0.25) is 5.88 Å². The van der Waals surface area contributed by atoms with Crippen molar-refractivity contribution in [3.8, 4) is 11.6 Å². The van der Waals surface area contributed by atoms with Gasteiger partial charge in [-0.05, 0) is 65.5 Å². The molecule has 0 radical (unpaired) electrons. The highest BCUT2D eigenvalue weighted by molar-refractivity contribution is 9.10. The highest BCUT2D eigenvalue weighted by Gasteiger charge is 2.21. The molecule has 0 bridgehead atoms. The third-order valence-corrected chi connectivity index (χ3v) is 3.83. The van der Waals surface area contributed by atoms with Crippen molar-refractivity contribution in [3.63, 3.8) is 0 Å². The number of hydrogen-bond donors (Lipinski definition) is 1. The van der Waals surface area contributed by atoms with E-state index in [0.717, 1.165) is 15.6 Å². The molecule has 1 fully saturated rings. The maximum absolute atomic E-state index is 13.1. The molecule has 3 rings (SSSR count). The number of ether oxygens (including phenoxy) is 1. The van der Waals surface area contributed by atoms with Crippen LogP contribution in [0.1, 0.15) is 24.0 Å². The van der Waals surface area contributed by atoms with Crippen LogP contribution in [-0.4, -0.2) is 11.0 Å². The van der Waals surface area contributed by atoms with Crippen molar-refractivity contribution < 1.29 is 9.13 Å². The maximum Gasteiger partial charge on any atom is 0.223 e. The van der Waals surface area contributed by atoms with E-state index in [4.69, 9.17) is 4.74 Å². The Morgan fingerprint density at radius 2 is 2.19 bits per heavy atom. The maximum atomic E-state index is 13.1. The van der Waals surface area contributed by atoms with Gasteiger partial charge in [0.25, 0.3) is 0 Å². The first kappa shape index (κ1) is 14.5. The van der Waals surface area contributed by atoms with Gasteiger partial charge in [-0.1, -0.05) is 0 Å². The van der Waals surface area contributed by atoms with Crippen LogP contribution in [0.2, 0.25) is 0 Å². The van der Waals surface area contributed by atoms with Crippen LogP contribution in [0.3, 0.4) is 0 Å². The zero-order valence-electron chi connectivity index (χ0n) is 11.7. The molecule has 3 nitrogen and oxygen atoms in total. The largest absolute Gasteiger partial charge is 0.438 e. The molecule has 1 N–H and O–H groups in total. The van der Waals surface area contributed by atoms with Crippen molar-refractivity contribution in [2.75, 3.05) is 0 Å². The lowest BCUT2D eigenvalue weighted by Crippen LogP contribution is -2.16. The summed E-state index contributed by atoms with van der Waals surface area (Å²) in [7, 11) is 0. The van der Waals surface area contributed by atoms with Gasteiger partial charge in [-0.2, -0.15) is 0 Å². The monoisotopic (exact) mass is 350 g/mol. The summed E-state index contributed by atoms with van der Waals surface area (Å²) in [6, 6.07) is 7.09. The second kappa shape index (κ2) is 6.12. The first-order chi connectivity index (χ1) is 10.1. The Bertz CT molecular complexity index is 659. The molecule has 1 aliphatic carbocycles. The Balaban J connectivity index is 1.82. The van der Waals surface area contributed by atoms with E-state index in [9.17, 15) is 4.39 Å². The number of nitrogens with zero attached hydrogens (tertiary/aromatic N) is 1. The Labute approximate surface area is 131 Å². The summed E-state index contributed by atoms with van der Waals surface area (Å²) in [6.45, 7) is 2.53. The van der Waals surface area contributed by atoms with E-state index < -0.39 is 0 Å². The van der Waals surface area contributed by atoms with E-state index in [-0.39, 0.29) is 5.82 Å². The fourth-order valence-electron chi connectivity index (χ4n) is 2.06. The summed E-state index contributed by atoms with van der Waals surface area (Å²) in [4.78, 5) is 4.33. The van der Waals surface area contributed by atoms with Crippen LogP contribution in [-0.2, 0) is 6.54 Å². The van der Waals surface area contributed by atoms with E-state index in [1.54, 1.807) is 12.3 Å². The summed E-state index contributed by atoms with van der Waals surface area (Å²) in [6.07, 6.45) is 4.16.